The standard InChI is InChI=1S/C20H19N3O4S/c1-13-7-6-9-17(14(13)2)22(15(3)24)20-21-16(12-28-20)11-27-19-10-5-4-8-18(19)23(25)26/h4-10,12H,11H2,1-3H3. The van der Waals surface area contributed by atoms with Gasteiger partial charge < -0.3 is 4.74 Å². The van der Waals surface area contributed by atoms with Gasteiger partial charge in [-0.05, 0) is 37.1 Å². The van der Waals surface area contributed by atoms with Gasteiger partial charge in [-0.25, -0.2) is 4.98 Å². The van der Waals surface area contributed by atoms with Gasteiger partial charge in [0.2, 0.25) is 5.91 Å². The van der Waals surface area contributed by atoms with Gasteiger partial charge >= 0.3 is 5.69 Å². The normalized spacial score (nSPS) is 10.5. The number of benzene rings is 2. The third kappa shape index (κ3) is 4.01. The number of nitro benzene ring substituents is 1. The lowest BCUT2D eigenvalue weighted by atomic mass is 10.1. The number of nitrogens with zero attached hydrogens (tertiary/aromatic N) is 3. The van der Waals surface area contributed by atoms with E-state index in [0.29, 0.717) is 10.8 Å². The summed E-state index contributed by atoms with van der Waals surface area (Å²) in [6.07, 6.45) is 0. The second-order valence-corrected chi connectivity index (χ2v) is 7.04. The number of hydrogen-bond donors (Lipinski definition) is 0. The second kappa shape index (κ2) is 8.18. The van der Waals surface area contributed by atoms with E-state index in [1.807, 2.05) is 32.0 Å². The number of rotatable bonds is 6. The molecule has 0 N–H and O–H groups in total. The van der Waals surface area contributed by atoms with E-state index in [1.165, 1.54) is 24.3 Å². The summed E-state index contributed by atoms with van der Waals surface area (Å²) in [7, 11) is 0. The van der Waals surface area contributed by atoms with Crippen molar-refractivity contribution < 1.29 is 14.5 Å². The lowest BCUT2D eigenvalue weighted by Crippen LogP contribution is -2.23. The van der Waals surface area contributed by atoms with Crippen LogP contribution >= 0.6 is 11.3 Å². The summed E-state index contributed by atoms with van der Waals surface area (Å²) in [5.41, 5.74) is 3.37. The van der Waals surface area contributed by atoms with Crippen LogP contribution < -0.4 is 9.64 Å². The first-order valence-corrected chi connectivity index (χ1v) is 9.44. The van der Waals surface area contributed by atoms with Crippen LogP contribution in [0.25, 0.3) is 0 Å². The highest BCUT2D eigenvalue weighted by molar-refractivity contribution is 7.14. The van der Waals surface area contributed by atoms with Gasteiger partial charge in [-0.2, -0.15) is 0 Å². The van der Waals surface area contributed by atoms with Gasteiger partial charge in [-0.15, -0.1) is 11.3 Å². The van der Waals surface area contributed by atoms with Crippen LogP contribution in [0.5, 0.6) is 5.75 Å². The summed E-state index contributed by atoms with van der Waals surface area (Å²) >= 11 is 1.32. The molecule has 1 aromatic heterocycles. The maximum Gasteiger partial charge on any atom is 0.310 e. The molecule has 0 radical (unpaired) electrons. The Morgan fingerprint density at radius 3 is 2.68 bits per heavy atom. The number of carbonyl (C=O) groups is 1. The third-order valence-electron chi connectivity index (χ3n) is 4.30. The summed E-state index contributed by atoms with van der Waals surface area (Å²) in [4.78, 5) is 29.0. The van der Waals surface area contributed by atoms with Crippen LogP contribution in [-0.4, -0.2) is 15.8 Å². The Bertz CT molecular complexity index is 1030. The zero-order chi connectivity index (χ0) is 20.3. The largest absolute Gasteiger partial charge is 0.480 e. The van der Waals surface area contributed by atoms with E-state index in [4.69, 9.17) is 4.74 Å². The summed E-state index contributed by atoms with van der Waals surface area (Å²) < 4.78 is 5.59. The van der Waals surface area contributed by atoms with Crippen LogP contribution in [0.15, 0.2) is 47.8 Å². The fraction of sp³-hybridized carbons (Fsp3) is 0.200. The Morgan fingerprint density at radius 2 is 1.96 bits per heavy atom. The predicted octanol–water partition coefficient (Wildman–Crippen LogP) is 4.93. The van der Waals surface area contributed by atoms with Crippen molar-refractivity contribution in [3.05, 3.63) is 74.8 Å². The Balaban J connectivity index is 1.83. The summed E-state index contributed by atoms with van der Waals surface area (Å²) in [5, 5.41) is 13.4. The van der Waals surface area contributed by atoms with Crippen molar-refractivity contribution in [1.29, 1.82) is 0 Å². The monoisotopic (exact) mass is 397 g/mol. The summed E-state index contributed by atoms with van der Waals surface area (Å²) in [5.74, 6) is 0.0363. The van der Waals surface area contributed by atoms with Gasteiger partial charge in [0.1, 0.15) is 6.61 Å². The van der Waals surface area contributed by atoms with Crippen molar-refractivity contribution in [2.45, 2.75) is 27.4 Å². The highest BCUT2D eigenvalue weighted by atomic mass is 32.1. The zero-order valence-corrected chi connectivity index (χ0v) is 16.5. The number of amides is 1. The van der Waals surface area contributed by atoms with Crippen LogP contribution in [0.1, 0.15) is 23.7 Å². The molecule has 28 heavy (non-hydrogen) atoms. The molecule has 0 aliphatic heterocycles. The SMILES string of the molecule is CC(=O)N(c1nc(COc2ccccc2[N+](=O)[O-])cs1)c1cccc(C)c1C. The Morgan fingerprint density at radius 1 is 1.21 bits per heavy atom. The molecule has 1 heterocycles. The zero-order valence-electron chi connectivity index (χ0n) is 15.7. The van der Waals surface area contributed by atoms with Crippen molar-refractivity contribution >= 4 is 33.8 Å². The Hall–Kier alpha value is -3.26. The molecule has 0 saturated heterocycles. The highest BCUT2D eigenvalue weighted by Crippen LogP contribution is 2.33. The average molecular weight is 397 g/mol. The summed E-state index contributed by atoms with van der Waals surface area (Å²) in [6.45, 7) is 5.52. The molecule has 3 aromatic rings. The van der Waals surface area contributed by atoms with Gasteiger partial charge in [-0.3, -0.25) is 19.8 Å². The molecule has 8 heteroatoms. The van der Waals surface area contributed by atoms with Gasteiger partial charge in [0, 0.05) is 18.4 Å². The van der Waals surface area contributed by atoms with Crippen molar-refractivity contribution in [3.8, 4) is 5.75 Å². The Labute approximate surface area is 166 Å². The molecule has 0 fully saturated rings. The van der Waals surface area contributed by atoms with E-state index in [1.54, 1.807) is 28.5 Å². The predicted molar refractivity (Wildman–Crippen MR) is 108 cm³/mol. The molecular weight excluding hydrogens is 378 g/mol. The van der Waals surface area contributed by atoms with Gasteiger partial charge in [0.05, 0.1) is 16.3 Å². The molecular formula is C20H19N3O4S. The lowest BCUT2D eigenvalue weighted by Gasteiger charge is -2.21. The van der Waals surface area contributed by atoms with E-state index in [9.17, 15) is 14.9 Å². The molecule has 3 rings (SSSR count). The number of nitro groups is 1. The maximum absolute atomic E-state index is 12.3. The molecule has 0 spiro atoms. The van der Waals surface area contributed by atoms with Crippen LogP contribution in [0.4, 0.5) is 16.5 Å². The maximum atomic E-state index is 12.3. The number of aryl methyl sites for hydroxylation is 1. The smallest absolute Gasteiger partial charge is 0.310 e. The van der Waals surface area contributed by atoms with Gasteiger partial charge in [-0.1, -0.05) is 24.3 Å². The molecule has 0 atom stereocenters. The first-order valence-electron chi connectivity index (χ1n) is 8.56. The number of para-hydroxylation sites is 2. The number of thiazole rings is 1. The number of ether oxygens (including phenoxy) is 1. The lowest BCUT2D eigenvalue weighted by molar-refractivity contribution is -0.385. The minimum absolute atomic E-state index is 0.0693. The van der Waals surface area contributed by atoms with Crippen molar-refractivity contribution in [1.82, 2.24) is 4.98 Å². The first kappa shape index (κ1) is 19.5. The van der Waals surface area contributed by atoms with Gasteiger partial charge in [0.15, 0.2) is 10.9 Å². The molecule has 0 saturated carbocycles. The fourth-order valence-corrected chi connectivity index (χ4v) is 3.60. The topological polar surface area (TPSA) is 85.6 Å². The van der Waals surface area contributed by atoms with Crippen LogP contribution in [0.3, 0.4) is 0 Å². The molecule has 0 aliphatic rings. The molecule has 0 aliphatic carbocycles. The number of aromatic nitrogens is 1. The fourth-order valence-electron chi connectivity index (χ4n) is 2.73. The average Bonchev–Trinajstić information content (AvgIpc) is 3.12. The van der Waals surface area contributed by atoms with Crippen LogP contribution in [0, 0.1) is 24.0 Å². The minimum atomic E-state index is -0.486. The summed E-state index contributed by atoms with van der Waals surface area (Å²) in [6, 6.07) is 12.0. The van der Waals surface area contributed by atoms with E-state index >= 15 is 0 Å². The van der Waals surface area contributed by atoms with Crippen LogP contribution in [0.2, 0.25) is 0 Å². The molecule has 2 aromatic carbocycles. The minimum Gasteiger partial charge on any atom is -0.480 e. The third-order valence-corrected chi connectivity index (χ3v) is 5.17. The second-order valence-electron chi connectivity index (χ2n) is 6.21. The molecule has 0 unspecified atom stereocenters. The highest BCUT2D eigenvalue weighted by Gasteiger charge is 2.21. The molecule has 0 bridgehead atoms. The van der Waals surface area contributed by atoms with E-state index in [0.717, 1.165) is 16.8 Å². The van der Waals surface area contributed by atoms with Crippen molar-refractivity contribution in [2.75, 3.05) is 4.90 Å². The first-order chi connectivity index (χ1) is 13.4. The van der Waals surface area contributed by atoms with Gasteiger partial charge in [0.25, 0.3) is 0 Å². The van der Waals surface area contributed by atoms with Crippen molar-refractivity contribution in [3.63, 3.8) is 0 Å². The Kier molecular flexibility index (Phi) is 5.70. The molecule has 144 valence electrons. The quantitative estimate of drug-likeness (QED) is 0.435. The number of anilines is 2. The molecule has 1 amide bonds. The number of hydrogen-bond acceptors (Lipinski definition) is 6. The van der Waals surface area contributed by atoms with Crippen molar-refractivity contribution in [2.24, 2.45) is 0 Å². The number of carbonyl (C=O) groups excluding carboxylic acids is 1. The van der Waals surface area contributed by atoms with Crippen LogP contribution in [-0.2, 0) is 11.4 Å². The van der Waals surface area contributed by atoms with E-state index in [2.05, 4.69) is 4.98 Å². The van der Waals surface area contributed by atoms with E-state index < -0.39 is 4.92 Å². The molecule has 7 nitrogen and oxygen atoms in total. The van der Waals surface area contributed by atoms with E-state index in [-0.39, 0.29) is 24.0 Å².